The molecule has 0 aromatic rings. The molecule has 0 aromatic carbocycles. The van der Waals surface area contributed by atoms with Gasteiger partial charge in [-0.2, -0.15) is 0 Å². The van der Waals surface area contributed by atoms with E-state index in [1.807, 2.05) is 11.8 Å². The Balaban J connectivity index is 2.47. The van der Waals surface area contributed by atoms with Gasteiger partial charge in [-0.05, 0) is 32.6 Å². The number of nitrogens with zero attached hydrogens (tertiary/aromatic N) is 1. The van der Waals surface area contributed by atoms with Crippen LogP contribution in [0, 0.1) is 0 Å². The van der Waals surface area contributed by atoms with E-state index in [9.17, 15) is 4.79 Å². The van der Waals surface area contributed by atoms with Crippen molar-refractivity contribution in [2.45, 2.75) is 44.7 Å². The first-order valence-electron chi connectivity index (χ1n) is 5.73. The zero-order valence-electron chi connectivity index (χ0n) is 9.74. The lowest BCUT2D eigenvalue weighted by atomic mass is 9.90. The summed E-state index contributed by atoms with van der Waals surface area (Å²) in [6.45, 7) is 2.97. The molecule has 0 saturated heterocycles. The Labute approximate surface area is 91.8 Å². The molecule has 4 heteroatoms. The van der Waals surface area contributed by atoms with Gasteiger partial charge in [0.1, 0.15) is 6.61 Å². The monoisotopic (exact) mass is 214 g/mol. The second-order valence-electron chi connectivity index (χ2n) is 4.18. The van der Waals surface area contributed by atoms with E-state index in [4.69, 9.17) is 10.5 Å². The Morgan fingerprint density at radius 1 is 1.40 bits per heavy atom. The first-order chi connectivity index (χ1) is 7.19. The van der Waals surface area contributed by atoms with E-state index in [-0.39, 0.29) is 12.5 Å². The number of carbonyl (C=O) groups is 1. The molecule has 0 aromatic heterocycles. The van der Waals surface area contributed by atoms with Crippen molar-refractivity contribution in [3.8, 4) is 0 Å². The third kappa shape index (κ3) is 3.47. The van der Waals surface area contributed by atoms with Crippen molar-refractivity contribution < 1.29 is 9.53 Å². The molecule has 15 heavy (non-hydrogen) atoms. The molecule has 0 heterocycles. The summed E-state index contributed by atoms with van der Waals surface area (Å²) in [5.74, 6) is 0.0977. The van der Waals surface area contributed by atoms with Crippen LogP contribution in [0.15, 0.2) is 0 Å². The second-order valence-corrected chi connectivity index (χ2v) is 4.18. The predicted molar refractivity (Wildman–Crippen MR) is 59.5 cm³/mol. The number of hydrogen-bond acceptors (Lipinski definition) is 3. The van der Waals surface area contributed by atoms with Gasteiger partial charge in [-0.15, -0.1) is 0 Å². The van der Waals surface area contributed by atoms with Crippen molar-refractivity contribution in [1.29, 1.82) is 0 Å². The fraction of sp³-hybridized carbons (Fsp3) is 0.909. The number of amides is 1. The maximum absolute atomic E-state index is 11.7. The van der Waals surface area contributed by atoms with Gasteiger partial charge in [0.2, 0.25) is 5.91 Å². The molecule has 0 bridgehead atoms. The first-order valence-corrected chi connectivity index (χ1v) is 5.73. The van der Waals surface area contributed by atoms with Crippen molar-refractivity contribution in [2.75, 3.05) is 20.3 Å². The molecule has 4 nitrogen and oxygen atoms in total. The second kappa shape index (κ2) is 6.08. The third-order valence-corrected chi connectivity index (χ3v) is 3.11. The minimum Gasteiger partial charge on any atom is -0.375 e. The van der Waals surface area contributed by atoms with Crippen LogP contribution in [-0.2, 0) is 9.53 Å². The fourth-order valence-electron chi connectivity index (χ4n) is 2.26. The van der Waals surface area contributed by atoms with Crippen LogP contribution in [0.25, 0.3) is 0 Å². The van der Waals surface area contributed by atoms with Crippen LogP contribution in [0.2, 0.25) is 0 Å². The molecule has 88 valence electrons. The molecule has 1 fully saturated rings. The zero-order chi connectivity index (χ0) is 11.3. The standard InChI is InChI=1S/C11H22N2O2/c1-3-13(11(14)8-15-2)10-6-4-9(12)5-7-10/h9-10H,3-8,12H2,1-2H3. The molecule has 1 aliphatic rings. The van der Waals surface area contributed by atoms with Crippen LogP contribution in [0.1, 0.15) is 32.6 Å². The van der Waals surface area contributed by atoms with Crippen LogP contribution in [0.4, 0.5) is 0 Å². The van der Waals surface area contributed by atoms with Gasteiger partial charge in [0.15, 0.2) is 0 Å². The average Bonchev–Trinajstić information content (AvgIpc) is 2.22. The van der Waals surface area contributed by atoms with Gasteiger partial charge in [-0.25, -0.2) is 0 Å². The lowest BCUT2D eigenvalue weighted by molar-refractivity contribution is -0.138. The molecule has 0 radical (unpaired) electrons. The summed E-state index contributed by atoms with van der Waals surface area (Å²) in [5.41, 5.74) is 5.85. The summed E-state index contributed by atoms with van der Waals surface area (Å²) in [4.78, 5) is 13.7. The number of rotatable bonds is 4. The summed E-state index contributed by atoms with van der Waals surface area (Å²) in [6, 6.07) is 0.704. The Morgan fingerprint density at radius 2 is 2.00 bits per heavy atom. The molecule has 0 unspecified atom stereocenters. The SMILES string of the molecule is CCN(C(=O)COC)C1CCC(N)CC1. The minimum absolute atomic E-state index is 0.0977. The molecule has 2 N–H and O–H groups in total. The lowest BCUT2D eigenvalue weighted by Crippen LogP contribution is -2.45. The molecule has 1 aliphatic carbocycles. The summed E-state index contributed by atoms with van der Waals surface area (Å²) >= 11 is 0. The van der Waals surface area contributed by atoms with Crippen LogP contribution < -0.4 is 5.73 Å². The third-order valence-electron chi connectivity index (χ3n) is 3.11. The number of methoxy groups -OCH3 is 1. The summed E-state index contributed by atoms with van der Waals surface area (Å²) in [7, 11) is 1.56. The first kappa shape index (κ1) is 12.5. The lowest BCUT2D eigenvalue weighted by Gasteiger charge is -2.35. The van der Waals surface area contributed by atoms with E-state index in [1.54, 1.807) is 7.11 Å². The highest BCUT2D eigenvalue weighted by atomic mass is 16.5. The highest BCUT2D eigenvalue weighted by Gasteiger charge is 2.26. The summed E-state index contributed by atoms with van der Waals surface area (Å²) in [5, 5.41) is 0. The van der Waals surface area contributed by atoms with E-state index in [0.29, 0.717) is 12.1 Å². The van der Waals surface area contributed by atoms with Crippen LogP contribution >= 0.6 is 0 Å². The Bertz CT molecular complexity index is 201. The van der Waals surface area contributed by atoms with Gasteiger partial charge in [0.25, 0.3) is 0 Å². The molecule has 0 spiro atoms. The van der Waals surface area contributed by atoms with Gasteiger partial charge < -0.3 is 15.4 Å². The molecule has 1 amide bonds. The van der Waals surface area contributed by atoms with Gasteiger partial charge >= 0.3 is 0 Å². The summed E-state index contributed by atoms with van der Waals surface area (Å²) < 4.78 is 4.88. The number of hydrogen-bond donors (Lipinski definition) is 1. The Morgan fingerprint density at radius 3 is 2.47 bits per heavy atom. The number of nitrogens with two attached hydrogens (primary N) is 1. The van der Waals surface area contributed by atoms with Crippen molar-refractivity contribution in [1.82, 2.24) is 4.90 Å². The van der Waals surface area contributed by atoms with Crippen molar-refractivity contribution >= 4 is 5.91 Å². The Hall–Kier alpha value is -0.610. The van der Waals surface area contributed by atoms with Crippen molar-refractivity contribution in [3.63, 3.8) is 0 Å². The number of likely N-dealkylation sites (N-methyl/N-ethyl adjacent to an activating group) is 1. The quantitative estimate of drug-likeness (QED) is 0.751. The van der Waals surface area contributed by atoms with E-state index in [1.165, 1.54) is 0 Å². The van der Waals surface area contributed by atoms with E-state index in [0.717, 1.165) is 32.2 Å². The number of carbonyl (C=O) groups excluding carboxylic acids is 1. The van der Waals surface area contributed by atoms with Crippen LogP contribution in [0.3, 0.4) is 0 Å². The topological polar surface area (TPSA) is 55.6 Å². The van der Waals surface area contributed by atoms with Gasteiger partial charge in [-0.3, -0.25) is 4.79 Å². The highest BCUT2D eigenvalue weighted by molar-refractivity contribution is 5.77. The zero-order valence-corrected chi connectivity index (χ0v) is 9.74. The van der Waals surface area contributed by atoms with Gasteiger partial charge in [0, 0.05) is 25.7 Å². The van der Waals surface area contributed by atoms with Crippen LogP contribution in [0.5, 0.6) is 0 Å². The maximum Gasteiger partial charge on any atom is 0.248 e. The maximum atomic E-state index is 11.7. The van der Waals surface area contributed by atoms with E-state index >= 15 is 0 Å². The van der Waals surface area contributed by atoms with Crippen molar-refractivity contribution in [3.05, 3.63) is 0 Å². The molecule has 1 rings (SSSR count). The smallest absolute Gasteiger partial charge is 0.248 e. The Kier molecular flexibility index (Phi) is 5.05. The van der Waals surface area contributed by atoms with Crippen molar-refractivity contribution in [2.24, 2.45) is 5.73 Å². The molecular formula is C11H22N2O2. The summed E-state index contributed by atoms with van der Waals surface area (Å²) in [6.07, 6.45) is 4.12. The highest BCUT2D eigenvalue weighted by Crippen LogP contribution is 2.22. The molecule has 1 saturated carbocycles. The van der Waals surface area contributed by atoms with Gasteiger partial charge in [-0.1, -0.05) is 0 Å². The van der Waals surface area contributed by atoms with E-state index < -0.39 is 0 Å². The predicted octanol–water partition coefficient (Wildman–Crippen LogP) is 0.751. The van der Waals surface area contributed by atoms with Gasteiger partial charge in [0.05, 0.1) is 0 Å². The largest absolute Gasteiger partial charge is 0.375 e. The number of ether oxygens (including phenoxy) is 1. The molecular weight excluding hydrogens is 192 g/mol. The fourth-order valence-corrected chi connectivity index (χ4v) is 2.26. The van der Waals surface area contributed by atoms with Crippen LogP contribution in [-0.4, -0.2) is 43.2 Å². The minimum atomic E-state index is 0.0977. The van der Waals surface area contributed by atoms with E-state index in [2.05, 4.69) is 0 Å². The average molecular weight is 214 g/mol. The normalized spacial score (nSPS) is 26.3. The molecule has 0 atom stereocenters. The molecule has 0 aliphatic heterocycles.